The quantitative estimate of drug-likeness (QED) is 0.560. The van der Waals surface area contributed by atoms with Gasteiger partial charge in [-0.2, -0.15) is 9.67 Å². The number of carbonyl (C=O) groups is 1. The van der Waals surface area contributed by atoms with Gasteiger partial charge in [-0.25, -0.2) is 0 Å². The molecule has 27 heavy (non-hydrogen) atoms. The Labute approximate surface area is 154 Å². The molecule has 8 heteroatoms. The fraction of sp³-hybridized carbons (Fsp3) is 0.105. The molecule has 3 aromatic heterocycles. The fourth-order valence-corrected chi connectivity index (χ4v) is 2.61. The average Bonchev–Trinajstić information content (AvgIpc) is 3.47. The Morgan fingerprint density at radius 2 is 1.93 bits per heavy atom. The van der Waals surface area contributed by atoms with Gasteiger partial charge >= 0.3 is 5.91 Å². The molecule has 0 bridgehead atoms. The smallest absolute Gasteiger partial charge is 0.317 e. The van der Waals surface area contributed by atoms with Gasteiger partial charge in [-0.15, -0.1) is 5.10 Å². The van der Waals surface area contributed by atoms with Gasteiger partial charge in [0.25, 0.3) is 0 Å². The lowest BCUT2D eigenvalue weighted by atomic mass is 10.2. The highest BCUT2D eigenvalue weighted by atomic mass is 16.5. The van der Waals surface area contributed by atoms with E-state index in [9.17, 15) is 4.79 Å². The standard InChI is InChI=1S/C19H16N4O4/c1-25-14-7-3-2-6-13(14)12-20-19-21-17(15-8-4-10-26-15)22-23(19)18(24)16-9-5-11-27-16/h2-11H,12H2,1H3,(H,20,21,22). The lowest BCUT2D eigenvalue weighted by Gasteiger charge is -2.09. The molecule has 0 amide bonds. The van der Waals surface area contributed by atoms with Gasteiger partial charge in [0.15, 0.2) is 11.5 Å². The van der Waals surface area contributed by atoms with Gasteiger partial charge in [0, 0.05) is 12.1 Å². The van der Waals surface area contributed by atoms with Crippen molar-refractivity contribution < 1.29 is 18.4 Å². The van der Waals surface area contributed by atoms with E-state index in [-0.39, 0.29) is 11.7 Å². The number of methoxy groups -OCH3 is 1. The monoisotopic (exact) mass is 364 g/mol. The largest absolute Gasteiger partial charge is 0.496 e. The van der Waals surface area contributed by atoms with E-state index in [1.165, 1.54) is 12.5 Å². The number of hydrogen-bond acceptors (Lipinski definition) is 7. The summed E-state index contributed by atoms with van der Waals surface area (Å²) in [5, 5.41) is 7.41. The van der Waals surface area contributed by atoms with Crippen LogP contribution in [0.15, 0.2) is 69.9 Å². The molecule has 0 aliphatic rings. The molecule has 1 aromatic carbocycles. The number of hydrogen-bond donors (Lipinski definition) is 1. The highest BCUT2D eigenvalue weighted by Gasteiger charge is 2.21. The third kappa shape index (κ3) is 3.32. The molecule has 3 heterocycles. The van der Waals surface area contributed by atoms with Crippen molar-refractivity contribution in [3.05, 3.63) is 72.4 Å². The molecule has 4 aromatic rings. The van der Waals surface area contributed by atoms with E-state index in [0.29, 0.717) is 18.1 Å². The molecule has 136 valence electrons. The van der Waals surface area contributed by atoms with Crippen LogP contribution in [0.4, 0.5) is 5.95 Å². The van der Waals surface area contributed by atoms with E-state index in [4.69, 9.17) is 13.6 Å². The number of ether oxygens (including phenoxy) is 1. The lowest BCUT2D eigenvalue weighted by molar-refractivity contribution is 0.0919. The Bertz CT molecular complexity index is 1040. The number of aromatic nitrogens is 3. The Morgan fingerprint density at radius 1 is 1.11 bits per heavy atom. The summed E-state index contributed by atoms with van der Waals surface area (Å²) in [7, 11) is 1.61. The van der Waals surface area contributed by atoms with Crippen molar-refractivity contribution >= 4 is 11.9 Å². The Hall–Kier alpha value is -3.81. The first-order valence-corrected chi connectivity index (χ1v) is 8.21. The third-order valence-corrected chi connectivity index (χ3v) is 3.90. The minimum atomic E-state index is -0.437. The summed E-state index contributed by atoms with van der Waals surface area (Å²) in [6.45, 7) is 0.395. The molecule has 0 aliphatic heterocycles. The first kappa shape index (κ1) is 16.6. The van der Waals surface area contributed by atoms with Gasteiger partial charge in [-0.1, -0.05) is 18.2 Å². The van der Waals surface area contributed by atoms with Crippen LogP contribution in [0, 0.1) is 0 Å². The van der Waals surface area contributed by atoms with E-state index >= 15 is 0 Å². The van der Waals surface area contributed by atoms with Crippen LogP contribution in [-0.4, -0.2) is 27.8 Å². The molecule has 0 fully saturated rings. The van der Waals surface area contributed by atoms with E-state index < -0.39 is 5.91 Å². The summed E-state index contributed by atoms with van der Waals surface area (Å²) in [5.74, 6) is 1.48. The Balaban J connectivity index is 1.66. The first-order chi connectivity index (χ1) is 13.3. The van der Waals surface area contributed by atoms with Crippen molar-refractivity contribution in [2.75, 3.05) is 12.4 Å². The van der Waals surface area contributed by atoms with Crippen LogP contribution in [0.1, 0.15) is 16.1 Å². The molecule has 0 saturated carbocycles. The molecule has 0 saturated heterocycles. The van der Waals surface area contributed by atoms with Gasteiger partial charge in [0.2, 0.25) is 11.8 Å². The minimum Gasteiger partial charge on any atom is -0.496 e. The molecule has 4 rings (SSSR count). The van der Waals surface area contributed by atoms with Crippen molar-refractivity contribution in [3.63, 3.8) is 0 Å². The number of carbonyl (C=O) groups excluding carboxylic acids is 1. The molecule has 0 unspecified atom stereocenters. The predicted molar refractivity (Wildman–Crippen MR) is 96.5 cm³/mol. The number of anilines is 1. The molecule has 1 N–H and O–H groups in total. The van der Waals surface area contributed by atoms with Gasteiger partial charge < -0.3 is 18.9 Å². The number of furan rings is 2. The SMILES string of the molecule is COc1ccccc1CNc1nc(-c2ccco2)nn1C(=O)c1ccco1. The van der Waals surface area contributed by atoms with Gasteiger partial charge in [0.05, 0.1) is 19.6 Å². The van der Waals surface area contributed by atoms with Crippen molar-refractivity contribution in [3.8, 4) is 17.3 Å². The van der Waals surface area contributed by atoms with Gasteiger partial charge in [-0.05, 0) is 30.3 Å². The van der Waals surface area contributed by atoms with Crippen LogP contribution in [0.25, 0.3) is 11.6 Å². The predicted octanol–water partition coefficient (Wildman–Crippen LogP) is 3.44. The van der Waals surface area contributed by atoms with Crippen molar-refractivity contribution in [1.29, 1.82) is 0 Å². The molecule has 0 aliphatic carbocycles. The first-order valence-electron chi connectivity index (χ1n) is 8.21. The number of nitrogens with zero attached hydrogens (tertiary/aromatic N) is 3. The second-order valence-electron chi connectivity index (χ2n) is 5.60. The summed E-state index contributed by atoms with van der Waals surface area (Å²) >= 11 is 0. The van der Waals surface area contributed by atoms with E-state index in [1.807, 2.05) is 24.3 Å². The molecule has 8 nitrogen and oxygen atoms in total. The summed E-state index contributed by atoms with van der Waals surface area (Å²) in [5.41, 5.74) is 0.916. The van der Waals surface area contributed by atoms with Crippen LogP contribution in [0.2, 0.25) is 0 Å². The van der Waals surface area contributed by atoms with Gasteiger partial charge in [0.1, 0.15) is 5.75 Å². The second-order valence-corrected chi connectivity index (χ2v) is 5.60. The molecule has 0 radical (unpaired) electrons. The summed E-state index contributed by atoms with van der Waals surface area (Å²) in [6.07, 6.45) is 2.95. The summed E-state index contributed by atoms with van der Waals surface area (Å²) in [6, 6.07) is 14.2. The Kier molecular flexibility index (Phi) is 4.44. The van der Waals surface area contributed by atoms with Crippen LogP contribution in [-0.2, 0) is 6.54 Å². The van der Waals surface area contributed by atoms with Crippen molar-refractivity contribution in [2.45, 2.75) is 6.54 Å². The second kappa shape index (κ2) is 7.20. The molecular formula is C19H16N4O4. The number of nitrogens with one attached hydrogen (secondary N) is 1. The maximum Gasteiger partial charge on any atom is 0.317 e. The highest BCUT2D eigenvalue weighted by molar-refractivity contribution is 5.94. The number of rotatable bonds is 6. The normalized spacial score (nSPS) is 10.7. The zero-order valence-corrected chi connectivity index (χ0v) is 14.5. The number of para-hydroxylation sites is 1. The fourth-order valence-electron chi connectivity index (χ4n) is 2.61. The van der Waals surface area contributed by atoms with Crippen molar-refractivity contribution in [2.24, 2.45) is 0 Å². The van der Waals surface area contributed by atoms with Crippen LogP contribution >= 0.6 is 0 Å². The summed E-state index contributed by atoms with van der Waals surface area (Å²) in [4.78, 5) is 17.1. The Morgan fingerprint density at radius 3 is 2.67 bits per heavy atom. The third-order valence-electron chi connectivity index (χ3n) is 3.90. The number of benzene rings is 1. The molecule has 0 atom stereocenters. The van der Waals surface area contributed by atoms with E-state index in [2.05, 4.69) is 15.4 Å². The van der Waals surface area contributed by atoms with Crippen LogP contribution < -0.4 is 10.1 Å². The van der Waals surface area contributed by atoms with E-state index in [0.717, 1.165) is 16.0 Å². The maximum atomic E-state index is 12.7. The maximum absolute atomic E-state index is 12.7. The zero-order valence-electron chi connectivity index (χ0n) is 14.5. The minimum absolute atomic E-state index is 0.159. The highest BCUT2D eigenvalue weighted by Crippen LogP contribution is 2.22. The van der Waals surface area contributed by atoms with Crippen molar-refractivity contribution in [1.82, 2.24) is 14.8 Å². The van der Waals surface area contributed by atoms with Gasteiger partial charge in [-0.3, -0.25) is 4.79 Å². The summed E-state index contributed by atoms with van der Waals surface area (Å²) < 4.78 is 17.0. The lowest BCUT2D eigenvalue weighted by Crippen LogP contribution is -2.17. The van der Waals surface area contributed by atoms with Crippen LogP contribution in [0.3, 0.4) is 0 Å². The average molecular weight is 364 g/mol. The van der Waals surface area contributed by atoms with E-state index in [1.54, 1.807) is 31.4 Å². The molecule has 0 spiro atoms. The molecular weight excluding hydrogens is 348 g/mol. The van der Waals surface area contributed by atoms with Crippen LogP contribution in [0.5, 0.6) is 5.75 Å². The zero-order chi connectivity index (χ0) is 18.6. The topological polar surface area (TPSA) is 95.3 Å².